The first-order valence-corrected chi connectivity index (χ1v) is 7.57. The number of amides is 1. The quantitative estimate of drug-likeness (QED) is 0.852. The first-order valence-electron chi connectivity index (χ1n) is 7.57. The lowest BCUT2D eigenvalue weighted by Gasteiger charge is -2.30. The lowest BCUT2D eigenvalue weighted by molar-refractivity contribution is -0.130. The van der Waals surface area contributed by atoms with E-state index in [4.69, 9.17) is 0 Å². The van der Waals surface area contributed by atoms with Gasteiger partial charge in [0, 0.05) is 5.92 Å². The van der Waals surface area contributed by atoms with Gasteiger partial charge in [-0.2, -0.15) is 0 Å². The van der Waals surface area contributed by atoms with Crippen LogP contribution in [-0.2, 0) is 9.59 Å². The van der Waals surface area contributed by atoms with Gasteiger partial charge in [0.05, 0.1) is 6.04 Å². The molecule has 0 aromatic carbocycles. The van der Waals surface area contributed by atoms with Gasteiger partial charge in [-0.15, -0.1) is 0 Å². The Balaban J connectivity index is 1.96. The van der Waals surface area contributed by atoms with Crippen molar-refractivity contribution in [2.45, 2.75) is 72.3 Å². The molecule has 2 aliphatic carbocycles. The van der Waals surface area contributed by atoms with E-state index in [2.05, 4.69) is 5.32 Å². The smallest absolute Gasteiger partial charge is 0.224 e. The van der Waals surface area contributed by atoms with Crippen LogP contribution in [0.5, 0.6) is 0 Å². The molecule has 108 valence electrons. The summed E-state index contributed by atoms with van der Waals surface area (Å²) >= 11 is 0. The van der Waals surface area contributed by atoms with Gasteiger partial charge in [-0.05, 0) is 37.0 Å². The Bertz CT molecular complexity index is 375. The van der Waals surface area contributed by atoms with Crippen LogP contribution in [0.25, 0.3) is 0 Å². The van der Waals surface area contributed by atoms with Gasteiger partial charge in [-0.1, -0.05) is 40.0 Å². The summed E-state index contributed by atoms with van der Waals surface area (Å²) in [6.45, 7) is 7.58. The van der Waals surface area contributed by atoms with Crippen molar-refractivity contribution in [1.29, 1.82) is 0 Å². The first-order chi connectivity index (χ1) is 8.76. The zero-order valence-electron chi connectivity index (χ0n) is 12.7. The molecule has 0 aromatic heterocycles. The molecule has 2 saturated carbocycles. The minimum atomic E-state index is -0.360. The van der Waals surface area contributed by atoms with E-state index in [9.17, 15) is 9.59 Å². The molecule has 0 radical (unpaired) electrons. The highest BCUT2D eigenvalue weighted by Gasteiger charge is 2.57. The average molecular weight is 265 g/mol. The lowest BCUT2D eigenvalue weighted by atomic mass is 9.83. The van der Waals surface area contributed by atoms with E-state index in [1.54, 1.807) is 6.92 Å². The third kappa shape index (κ3) is 3.01. The molecule has 1 spiro atoms. The molecule has 2 aliphatic rings. The van der Waals surface area contributed by atoms with Crippen molar-refractivity contribution in [2.24, 2.45) is 16.7 Å². The number of hydrogen-bond acceptors (Lipinski definition) is 2. The molecule has 3 nitrogen and oxygen atoms in total. The fraction of sp³-hybridized carbons (Fsp3) is 0.875. The second-order valence-electron chi connectivity index (χ2n) is 7.60. The monoisotopic (exact) mass is 265 g/mol. The summed E-state index contributed by atoms with van der Waals surface area (Å²) in [4.78, 5) is 24.1. The van der Waals surface area contributed by atoms with Crippen LogP contribution in [0, 0.1) is 16.7 Å². The van der Waals surface area contributed by atoms with Crippen molar-refractivity contribution in [1.82, 2.24) is 5.32 Å². The Morgan fingerprint density at radius 2 is 1.74 bits per heavy atom. The molecule has 0 aromatic rings. The highest BCUT2D eigenvalue weighted by atomic mass is 16.2. The number of nitrogens with one attached hydrogen (secondary N) is 1. The van der Waals surface area contributed by atoms with E-state index in [-0.39, 0.29) is 29.1 Å². The maximum atomic E-state index is 12.4. The maximum Gasteiger partial charge on any atom is 0.224 e. The van der Waals surface area contributed by atoms with Crippen LogP contribution in [0.3, 0.4) is 0 Å². The molecule has 0 heterocycles. The predicted octanol–water partition coefficient (Wildman–Crippen LogP) is 3.08. The molecule has 2 atom stereocenters. The summed E-state index contributed by atoms with van der Waals surface area (Å²) in [7, 11) is 0. The number of hydrogen-bond donors (Lipinski definition) is 1. The van der Waals surface area contributed by atoms with E-state index in [1.165, 1.54) is 32.1 Å². The molecule has 1 unspecified atom stereocenters. The van der Waals surface area contributed by atoms with Crippen molar-refractivity contribution in [2.75, 3.05) is 0 Å². The molecular weight excluding hydrogens is 238 g/mol. The van der Waals surface area contributed by atoms with E-state index in [1.807, 2.05) is 20.8 Å². The zero-order chi connectivity index (χ0) is 14.3. The molecule has 1 N–H and O–H groups in total. The molecule has 2 rings (SSSR count). The molecule has 1 amide bonds. The molecule has 0 aliphatic heterocycles. The average Bonchev–Trinajstić information content (AvgIpc) is 2.98. The fourth-order valence-corrected chi connectivity index (χ4v) is 3.70. The summed E-state index contributed by atoms with van der Waals surface area (Å²) in [6, 6.07) is -0.360. The Labute approximate surface area is 116 Å². The van der Waals surface area contributed by atoms with E-state index >= 15 is 0 Å². The number of carbonyl (C=O) groups excluding carboxylic acids is 2. The van der Waals surface area contributed by atoms with Gasteiger partial charge < -0.3 is 5.32 Å². The maximum absolute atomic E-state index is 12.4. The van der Waals surface area contributed by atoms with Gasteiger partial charge in [-0.25, -0.2) is 0 Å². The lowest BCUT2D eigenvalue weighted by Crippen LogP contribution is -2.49. The molecule has 19 heavy (non-hydrogen) atoms. The van der Waals surface area contributed by atoms with E-state index < -0.39 is 0 Å². The van der Waals surface area contributed by atoms with Gasteiger partial charge in [0.2, 0.25) is 5.91 Å². The van der Waals surface area contributed by atoms with Crippen LogP contribution in [0.4, 0.5) is 0 Å². The number of ketones is 1. The minimum absolute atomic E-state index is 0.0548. The highest BCUT2D eigenvalue weighted by molar-refractivity contribution is 5.90. The van der Waals surface area contributed by atoms with Crippen LogP contribution < -0.4 is 5.32 Å². The SMILES string of the molecule is CC(=O)[C@@H](NC(=O)C1CC12CCCCC2)C(C)(C)C. The van der Waals surface area contributed by atoms with Crippen LogP contribution in [0.1, 0.15) is 66.2 Å². The Hall–Kier alpha value is -0.860. The molecule has 0 saturated heterocycles. The Morgan fingerprint density at radius 3 is 2.21 bits per heavy atom. The van der Waals surface area contributed by atoms with Crippen LogP contribution >= 0.6 is 0 Å². The van der Waals surface area contributed by atoms with Gasteiger partial charge in [0.15, 0.2) is 5.78 Å². The molecule has 0 bridgehead atoms. The van der Waals surface area contributed by atoms with Crippen LogP contribution in [0.15, 0.2) is 0 Å². The van der Waals surface area contributed by atoms with Crippen molar-refractivity contribution in [3.63, 3.8) is 0 Å². The largest absolute Gasteiger partial charge is 0.346 e. The zero-order valence-corrected chi connectivity index (χ0v) is 12.7. The van der Waals surface area contributed by atoms with E-state index in [0.29, 0.717) is 5.41 Å². The molecular formula is C16H27NO2. The second-order valence-corrected chi connectivity index (χ2v) is 7.60. The number of carbonyl (C=O) groups is 2. The fourth-order valence-electron chi connectivity index (χ4n) is 3.70. The third-order valence-electron chi connectivity index (χ3n) is 4.91. The van der Waals surface area contributed by atoms with Crippen molar-refractivity contribution < 1.29 is 9.59 Å². The predicted molar refractivity (Wildman–Crippen MR) is 75.7 cm³/mol. The van der Waals surface area contributed by atoms with Gasteiger partial charge in [0.25, 0.3) is 0 Å². The van der Waals surface area contributed by atoms with Crippen molar-refractivity contribution in [3.05, 3.63) is 0 Å². The van der Waals surface area contributed by atoms with Crippen LogP contribution in [0.2, 0.25) is 0 Å². The summed E-state index contributed by atoms with van der Waals surface area (Å²) < 4.78 is 0. The van der Waals surface area contributed by atoms with Crippen molar-refractivity contribution >= 4 is 11.7 Å². The summed E-state index contributed by atoms with van der Waals surface area (Å²) in [5.74, 6) is 0.327. The van der Waals surface area contributed by atoms with E-state index in [0.717, 1.165) is 6.42 Å². The minimum Gasteiger partial charge on any atom is -0.346 e. The summed E-state index contributed by atoms with van der Waals surface area (Å²) in [5.41, 5.74) is 0.0810. The topological polar surface area (TPSA) is 46.2 Å². The normalized spacial score (nSPS) is 26.8. The standard InChI is InChI=1S/C16H27NO2/c1-11(18)13(15(2,3)4)17-14(19)12-10-16(12)8-6-5-7-9-16/h12-13H,5-10H2,1-4H3,(H,17,19)/t12?,13-/m1/s1. The number of Topliss-reactive ketones (excluding diaryl/α,β-unsaturated/α-hetero) is 1. The van der Waals surface area contributed by atoms with Crippen LogP contribution in [-0.4, -0.2) is 17.7 Å². The first kappa shape index (κ1) is 14.5. The Morgan fingerprint density at radius 1 is 1.16 bits per heavy atom. The Kier molecular flexibility index (Phi) is 3.76. The highest BCUT2D eigenvalue weighted by Crippen LogP contribution is 2.61. The summed E-state index contributed by atoms with van der Waals surface area (Å²) in [6.07, 6.45) is 7.27. The second kappa shape index (κ2) is 4.92. The van der Waals surface area contributed by atoms with Crippen molar-refractivity contribution in [3.8, 4) is 0 Å². The van der Waals surface area contributed by atoms with Gasteiger partial charge >= 0.3 is 0 Å². The third-order valence-corrected chi connectivity index (χ3v) is 4.91. The van der Waals surface area contributed by atoms with Gasteiger partial charge in [0.1, 0.15) is 0 Å². The molecule has 3 heteroatoms. The number of rotatable bonds is 3. The molecule has 2 fully saturated rings. The van der Waals surface area contributed by atoms with Gasteiger partial charge in [-0.3, -0.25) is 9.59 Å². The summed E-state index contributed by atoms with van der Waals surface area (Å²) in [5, 5.41) is 3.00.